The fourth-order valence-electron chi connectivity index (χ4n) is 9.98. The van der Waals surface area contributed by atoms with Crippen LogP contribution in [0.2, 0.25) is 0 Å². The third kappa shape index (κ3) is 11.9. The molecule has 3 fully saturated rings. The Bertz CT molecular complexity index is 1540. The van der Waals surface area contributed by atoms with Crippen molar-refractivity contribution in [1.82, 2.24) is 4.90 Å². The maximum atomic E-state index is 14.5. The number of ether oxygens (including phenoxy) is 6. The molecule has 1 N–H and O–H groups in total. The van der Waals surface area contributed by atoms with Gasteiger partial charge in [0.05, 0.1) is 18.3 Å². The molecule has 3 heterocycles. The fraction of sp³-hybridized carbons (Fsp3) is 0.804. The molecule has 0 aromatic rings. The number of aliphatic hydroxyl groups is 1. The zero-order chi connectivity index (χ0) is 43.8. The number of rotatable bonds is 7. The van der Waals surface area contributed by atoms with E-state index in [2.05, 4.69) is 19.9 Å². The number of methoxy groups -OCH3 is 3. The maximum absolute atomic E-state index is 14.5. The van der Waals surface area contributed by atoms with Crippen molar-refractivity contribution in [2.75, 3.05) is 27.9 Å². The molecule has 1 aliphatic carbocycles. The van der Waals surface area contributed by atoms with Crippen molar-refractivity contribution >= 4 is 29.4 Å². The number of carbonyl (C=O) groups is 5. The van der Waals surface area contributed by atoms with Crippen LogP contribution in [0.1, 0.15) is 126 Å². The highest BCUT2D eigenvalue weighted by Gasteiger charge is 2.56. The Morgan fingerprint density at radius 1 is 0.898 bits per heavy atom. The van der Waals surface area contributed by atoms with Crippen molar-refractivity contribution in [2.24, 2.45) is 35.5 Å². The summed E-state index contributed by atoms with van der Waals surface area (Å²) in [5.74, 6) is -7.45. The van der Waals surface area contributed by atoms with E-state index in [1.165, 1.54) is 26.0 Å². The van der Waals surface area contributed by atoms with Crippen LogP contribution in [0.3, 0.4) is 0 Å². The summed E-state index contributed by atoms with van der Waals surface area (Å²) in [4.78, 5) is 71.1. The molecule has 2 bridgehead atoms. The van der Waals surface area contributed by atoms with E-state index in [4.69, 9.17) is 28.4 Å². The van der Waals surface area contributed by atoms with Gasteiger partial charge in [-0.15, -0.1) is 0 Å². The lowest BCUT2D eigenvalue weighted by molar-refractivity contribution is -0.302. The molecule has 0 radical (unpaired) electrons. The average Bonchev–Trinajstić information content (AvgIpc) is 3.20. The van der Waals surface area contributed by atoms with Crippen molar-refractivity contribution in [2.45, 2.75) is 174 Å². The minimum absolute atomic E-state index is 0.0250. The van der Waals surface area contributed by atoms with E-state index in [0.29, 0.717) is 38.0 Å². The SMILES string of the molecule is CC[C@@H]1/C=C(\C)C[C@H](C)C[C@H](OC)[C@H]2O[C@@](O)(C(=O)C(=O)N3CCCC[C@H]3C(=O)O[C@H](/C(C)=C/C3CC[C@@H](C)[C@H](OC)C3)[C@@H](C)[C@@H](OC(C)=O)CC1=O)[C@H](C)C[C@@H]2OC. The smallest absolute Gasteiger partial charge is 0.329 e. The number of ketones is 2. The molecule has 13 heteroatoms. The second-order valence-electron chi connectivity index (χ2n) is 18.1. The predicted octanol–water partition coefficient (Wildman–Crippen LogP) is 6.32. The molecule has 1 amide bonds. The molecule has 3 aliphatic heterocycles. The molecule has 2 saturated heterocycles. The van der Waals surface area contributed by atoms with Crippen LogP contribution in [0.4, 0.5) is 0 Å². The first kappa shape index (κ1) is 48.7. The number of hydrogen-bond acceptors (Lipinski definition) is 12. The topological polar surface area (TPSA) is 164 Å². The summed E-state index contributed by atoms with van der Waals surface area (Å²) >= 11 is 0. The summed E-state index contributed by atoms with van der Waals surface area (Å²) in [5, 5.41) is 12.1. The van der Waals surface area contributed by atoms with Gasteiger partial charge in [0.15, 0.2) is 0 Å². The van der Waals surface area contributed by atoms with Gasteiger partial charge in [0.25, 0.3) is 11.7 Å². The summed E-state index contributed by atoms with van der Waals surface area (Å²) in [5.41, 5.74) is 1.72. The van der Waals surface area contributed by atoms with Crippen LogP contribution < -0.4 is 0 Å². The van der Waals surface area contributed by atoms with E-state index >= 15 is 0 Å². The summed E-state index contributed by atoms with van der Waals surface area (Å²) in [6, 6.07) is -1.13. The number of piperidine rings is 1. The Morgan fingerprint density at radius 2 is 1.56 bits per heavy atom. The monoisotopic (exact) mass is 832 g/mol. The second kappa shape index (κ2) is 21.7. The average molecular weight is 832 g/mol. The van der Waals surface area contributed by atoms with Gasteiger partial charge in [0.2, 0.25) is 5.79 Å². The number of esters is 2. The molecule has 4 aliphatic rings. The number of amides is 1. The Kier molecular flexibility index (Phi) is 17.9. The standard InChI is InChI=1S/C46H73NO12/c1-12-34-20-26(2)19-27(3)21-39(55-10)42-40(56-11)23-30(6)46(53,59-42)43(50)44(51)47-18-14-13-15-35(47)45(52)58-41(31(7)38(25-36(34)49)57-32(8)48)29(5)22-33-17-16-28(4)37(24-33)54-9/h20,22,27-28,30-31,33-35,37-42,53H,12-19,21,23-25H2,1-11H3/b26-20+,29-22+/t27-,28+,30+,31-,33?,34+,35-,37+,38-,39-,40-,41+,42+,46+/m0/s1. The number of allylic oxidation sites excluding steroid dienone is 3. The highest BCUT2D eigenvalue weighted by Crippen LogP contribution is 2.39. The quantitative estimate of drug-likeness (QED) is 0.173. The van der Waals surface area contributed by atoms with Gasteiger partial charge < -0.3 is 38.4 Å². The van der Waals surface area contributed by atoms with E-state index in [9.17, 15) is 29.1 Å². The lowest BCUT2D eigenvalue weighted by atomic mass is 9.79. The van der Waals surface area contributed by atoms with E-state index in [1.807, 2.05) is 33.8 Å². The summed E-state index contributed by atoms with van der Waals surface area (Å²) in [6.45, 7) is 14.9. The minimum atomic E-state index is -2.50. The fourth-order valence-corrected chi connectivity index (χ4v) is 9.98. The first-order chi connectivity index (χ1) is 27.9. The van der Waals surface area contributed by atoms with E-state index < -0.39 is 83.7 Å². The van der Waals surface area contributed by atoms with E-state index in [1.54, 1.807) is 14.0 Å². The molecular weight excluding hydrogens is 759 g/mol. The zero-order valence-electron chi connectivity index (χ0n) is 37.5. The number of Topliss-reactive ketones (excluding diaryl/α,β-unsaturated/α-hetero) is 2. The van der Waals surface area contributed by atoms with Gasteiger partial charge in [0, 0.05) is 59.0 Å². The van der Waals surface area contributed by atoms with Gasteiger partial charge >= 0.3 is 11.9 Å². The third-order valence-electron chi connectivity index (χ3n) is 13.5. The summed E-state index contributed by atoms with van der Waals surface area (Å²) < 4.78 is 36.2. The van der Waals surface area contributed by atoms with Gasteiger partial charge in [-0.2, -0.15) is 0 Å². The lowest BCUT2D eigenvalue weighted by Crippen LogP contribution is -2.64. The molecule has 14 atom stereocenters. The van der Waals surface area contributed by atoms with Crippen molar-refractivity contribution in [3.8, 4) is 0 Å². The summed E-state index contributed by atoms with van der Waals surface area (Å²) in [6.07, 6.45) is 6.03. The molecule has 334 valence electrons. The Hall–Kier alpha value is -2.97. The van der Waals surface area contributed by atoms with Crippen molar-refractivity contribution in [3.05, 3.63) is 23.3 Å². The van der Waals surface area contributed by atoms with Crippen LogP contribution in [0.15, 0.2) is 23.3 Å². The molecule has 1 unspecified atom stereocenters. The van der Waals surface area contributed by atoms with Crippen LogP contribution in [-0.2, 0) is 52.4 Å². The molecule has 13 nitrogen and oxygen atoms in total. The number of nitrogens with zero attached hydrogens (tertiary/aromatic N) is 1. The van der Waals surface area contributed by atoms with Gasteiger partial charge in [-0.3, -0.25) is 19.2 Å². The van der Waals surface area contributed by atoms with Crippen LogP contribution >= 0.6 is 0 Å². The van der Waals surface area contributed by atoms with E-state index in [-0.39, 0.29) is 49.5 Å². The molecule has 0 aromatic heterocycles. The molecule has 0 spiro atoms. The third-order valence-corrected chi connectivity index (χ3v) is 13.5. The van der Waals surface area contributed by atoms with Crippen LogP contribution in [0.25, 0.3) is 0 Å². The lowest BCUT2D eigenvalue weighted by Gasteiger charge is -2.47. The van der Waals surface area contributed by atoms with E-state index in [0.717, 1.165) is 30.4 Å². The van der Waals surface area contributed by atoms with Gasteiger partial charge in [-0.25, -0.2) is 4.79 Å². The maximum Gasteiger partial charge on any atom is 0.329 e. The minimum Gasteiger partial charge on any atom is -0.462 e. The number of carbonyl (C=O) groups excluding carboxylic acids is 5. The van der Waals surface area contributed by atoms with Gasteiger partial charge in [-0.05, 0) is 101 Å². The Labute approximate surface area is 352 Å². The largest absolute Gasteiger partial charge is 0.462 e. The highest BCUT2D eigenvalue weighted by atomic mass is 16.7. The Morgan fingerprint density at radius 3 is 2.19 bits per heavy atom. The Balaban J connectivity index is 1.82. The molecular formula is C46H73NO12. The highest BCUT2D eigenvalue weighted by molar-refractivity contribution is 6.39. The molecule has 59 heavy (non-hydrogen) atoms. The zero-order valence-corrected chi connectivity index (χ0v) is 37.5. The number of fused-ring (bicyclic) bond motifs is 3. The van der Waals surface area contributed by atoms with Gasteiger partial charge in [0.1, 0.15) is 30.1 Å². The van der Waals surface area contributed by atoms with Crippen molar-refractivity contribution < 1.29 is 57.5 Å². The summed E-state index contributed by atoms with van der Waals surface area (Å²) in [7, 11) is 4.79. The normalized spacial score (nSPS) is 39.9. The van der Waals surface area contributed by atoms with Gasteiger partial charge in [-0.1, -0.05) is 52.3 Å². The molecule has 1 saturated carbocycles. The second-order valence-corrected chi connectivity index (χ2v) is 18.1. The first-order valence-corrected chi connectivity index (χ1v) is 22.0. The number of hydrogen-bond donors (Lipinski definition) is 1. The molecule has 4 rings (SSSR count). The molecule has 0 aromatic carbocycles. The van der Waals surface area contributed by atoms with Crippen LogP contribution in [-0.4, -0.2) is 116 Å². The predicted molar refractivity (Wildman–Crippen MR) is 221 cm³/mol. The van der Waals surface area contributed by atoms with Crippen LogP contribution in [0, 0.1) is 35.5 Å². The van der Waals surface area contributed by atoms with Crippen LogP contribution in [0.5, 0.6) is 0 Å². The number of cyclic esters (lactones) is 1. The van der Waals surface area contributed by atoms with Crippen molar-refractivity contribution in [3.63, 3.8) is 0 Å². The first-order valence-electron chi connectivity index (χ1n) is 22.0. The van der Waals surface area contributed by atoms with Crippen molar-refractivity contribution in [1.29, 1.82) is 0 Å².